The van der Waals surface area contributed by atoms with Crippen molar-refractivity contribution in [2.75, 3.05) is 18.5 Å². The van der Waals surface area contributed by atoms with Crippen LogP contribution in [0, 0.1) is 5.92 Å². The van der Waals surface area contributed by atoms with Crippen LogP contribution in [0.2, 0.25) is 0 Å². The standard InChI is InChI=1S/C11H11Br2NO2/c12-8-1-2-9(13)10(5-8)14-11(15)7-3-4-16-6-7/h1-2,5,7H,3-4,6H2,(H,14,15). The summed E-state index contributed by atoms with van der Waals surface area (Å²) in [7, 11) is 0. The summed E-state index contributed by atoms with van der Waals surface area (Å²) in [6.07, 6.45) is 0.803. The lowest BCUT2D eigenvalue weighted by atomic mass is 10.1. The monoisotopic (exact) mass is 347 g/mol. The Hall–Kier alpha value is -0.390. The lowest BCUT2D eigenvalue weighted by Gasteiger charge is -2.11. The molecule has 86 valence electrons. The van der Waals surface area contributed by atoms with Crippen LogP contribution in [0.5, 0.6) is 0 Å². The van der Waals surface area contributed by atoms with Crippen LogP contribution in [0.25, 0.3) is 0 Å². The van der Waals surface area contributed by atoms with E-state index in [4.69, 9.17) is 4.74 Å². The van der Waals surface area contributed by atoms with Crippen LogP contribution in [0.4, 0.5) is 5.69 Å². The second-order valence-electron chi connectivity index (χ2n) is 3.67. The molecule has 2 rings (SSSR count). The van der Waals surface area contributed by atoms with Gasteiger partial charge in [-0.2, -0.15) is 0 Å². The maximum Gasteiger partial charge on any atom is 0.229 e. The van der Waals surface area contributed by atoms with Gasteiger partial charge in [-0.3, -0.25) is 4.79 Å². The van der Waals surface area contributed by atoms with Crippen LogP contribution in [-0.4, -0.2) is 19.1 Å². The number of benzene rings is 1. The first kappa shape index (κ1) is 12.1. The van der Waals surface area contributed by atoms with Gasteiger partial charge in [0, 0.05) is 15.6 Å². The van der Waals surface area contributed by atoms with Gasteiger partial charge in [-0.1, -0.05) is 15.9 Å². The lowest BCUT2D eigenvalue weighted by molar-refractivity contribution is -0.119. The normalized spacial score (nSPS) is 19.8. The van der Waals surface area contributed by atoms with Crippen molar-refractivity contribution in [1.29, 1.82) is 0 Å². The topological polar surface area (TPSA) is 38.3 Å². The summed E-state index contributed by atoms with van der Waals surface area (Å²) in [6.45, 7) is 1.20. The molecule has 1 unspecified atom stereocenters. The molecule has 3 nitrogen and oxygen atoms in total. The number of carbonyl (C=O) groups is 1. The number of amides is 1. The average Bonchev–Trinajstić information content (AvgIpc) is 2.76. The molecule has 1 heterocycles. The molecule has 1 aromatic rings. The Balaban J connectivity index is 2.07. The summed E-state index contributed by atoms with van der Waals surface area (Å²) in [6, 6.07) is 5.68. The summed E-state index contributed by atoms with van der Waals surface area (Å²) < 4.78 is 7.00. The van der Waals surface area contributed by atoms with Crippen LogP contribution in [-0.2, 0) is 9.53 Å². The average molecular weight is 349 g/mol. The van der Waals surface area contributed by atoms with Crippen LogP contribution >= 0.6 is 31.9 Å². The zero-order valence-corrected chi connectivity index (χ0v) is 11.7. The third-order valence-electron chi connectivity index (χ3n) is 2.49. The van der Waals surface area contributed by atoms with Crippen molar-refractivity contribution < 1.29 is 9.53 Å². The molecule has 1 atom stereocenters. The van der Waals surface area contributed by atoms with Crippen LogP contribution < -0.4 is 5.32 Å². The SMILES string of the molecule is O=C(Nc1cc(Br)ccc1Br)C1CCOC1. The Morgan fingerprint density at radius 2 is 2.25 bits per heavy atom. The van der Waals surface area contributed by atoms with Crippen molar-refractivity contribution >= 4 is 43.5 Å². The number of anilines is 1. The highest BCUT2D eigenvalue weighted by molar-refractivity contribution is 9.11. The lowest BCUT2D eigenvalue weighted by Crippen LogP contribution is -2.22. The third kappa shape index (κ3) is 2.84. The molecule has 5 heteroatoms. The van der Waals surface area contributed by atoms with Crippen molar-refractivity contribution in [3.8, 4) is 0 Å². The summed E-state index contributed by atoms with van der Waals surface area (Å²) in [5, 5.41) is 2.90. The smallest absolute Gasteiger partial charge is 0.229 e. The summed E-state index contributed by atoms with van der Waals surface area (Å²) in [4.78, 5) is 11.9. The van der Waals surface area contributed by atoms with E-state index >= 15 is 0 Å². The van der Waals surface area contributed by atoms with Gasteiger partial charge in [-0.15, -0.1) is 0 Å². The molecule has 0 radical (unpaired) electrons. The van der Waals surface area contributed by atoms with E-state index in [0.717, 1.165) is 21.1 Å². The molecule has 1 aliphatic heterocycles. The Kier molecular flexibility index (Phi) is 4.00. The predicted octanol–water partition coefficient (Wildman–Crippen LogP) is 3.19. The maximum atomic E-state index is 11.9. The first-order valence-electron chi connectivity index (χ1n) is 5.00. The van der Waals surface area contributed by atoms with E-state index in [1.165, 1.54) is 0 Å². The predicted molar refractivity (Wildman–Crippen MR) is 69.4 cm³/mol. The van der Waals surface area contributed by atoms with Gasteiger partial charge in [0.15, 0.2) is 0 Å². The molecule has 1 N–H and O–H groups in total. The van der Waals surface area contributed by atoms with Gasteiger partial charge in [0.25, 0.3) is 0 Å². The molecular formula is C11H11Br2NO2. The highest BCUT2D eigenvalue weighted by Crippen LogP contribution is 2.27. The fraction of sp³-hybridized carbons (Fsp3) is 0.364. The van der Waals surface area contributed by atoms with E-state index < -0.39 is 0 Å². The highest BCUT2D eigenvalue weighted by Gasteiger charge is 2.23. The quantitative estimate of drug-likeness (QED) is 0.891. The van der Waals surface area contributed by atoms with E-state index in [1.807, 2.05) is 18.2 Å². The molecule has 0 saturated carbocycles. The summed E-state index contributed by atoms with van der Waals surface area (Å²) >= 11 is 6.77. The van der Waals surface area contributed by atoms with Crippen molar-refractivity contribution in [2.24, 2.45) is 5.92 Å². The molecule has 1 aromatic carbocycles. The summed E-state index contributed by atoms with van der Waals surface area (Å²) in [5.74, 6) is 0.00202. The number of nitrogens with one attached hydrogen (secondary N) is 1. The molecule has 0 bridgehead atoms. The van der Waals surface area contributed by atoms with E-state index in [9.17, 15) is 4.79 Å². The van der Waals surface area contributed by atoms with E-state index in [2.05, 4.69) is 37.2 Å². The first-order chi connectivity index (χ1) is 7.66. The number of ether oxygens (including phenoxy) is 1. The minimum atomic E-state index is -0.0223. The minimum Gasteiger partial charge on any atom is -0.381 e. The van der Waals surface area contributed by atoms with Crippen molar-refractivity contribution in [3.05, 3.63) is 27.1 Å². The van der Waals surface area contributed by atoms with E-state index in [1.54, 1.807) is 0 Å². The zero-order chi connectivity index (χ0) is 11.5. The van der Waals surface area contributed by atoms with Gasteiger partial charge in [0.05, 0.1) is 18.2 Å². The van der Waals surface area contributed by atoms with Crippen LogP contribution in [0.1, 0.15) is 6.42 Å². The number of rotatable bonds is 2. The molecule has 16 heavy (non-hydrogen) atoms. The van der Waals surface area contributed by atoms with Gasteiger partial charge in [0.1, 0.15) is 0 Å². The molecule has 0 spiro atoms. The Bertz CT molecular complexity index is 403. The van der Waals surface area contributed by atoms with E-state index in [-0.39, 0.29) is 11.8 Å². The highest BCUT2D eigenvalue weighted by atomic mass is 79.9. The van der Waals surface area contributed by atoms with Gasteiger partial charge in [-0.05, 0) is 40.5 Å². The van der Waals surface area contributed by atoms with Crippen LogP contribution in [0.3, 0.4) is 0 Å². The number of halogens is 2. The van der Waals surface area contributed by atoms with Gasteiger partial charge >= 0.3 is 0 Å². The van der Waals surface area contributed by atoms with Crippen molar-refractivity contribution in [2.45, 2.75) is 6.42 Å². The van der Waals surface area contributed by atoms with Gasteiger partial charge < -0.3 is 10.1 Å². The van der Waals surface area contributed by atoms with Gasteiger partial charge in [0.2, 0.25) is 5.91 Å². The van der Waals surface area contributed by atoms with E-state index in [0.29, 0.717) is 13.2 Å². The molecule has 1 saturated heterocycles. The fourth-order valence-corrected chi connectivity index (χ4v) is 2.28. The number of hydrogen-bond acceptors (Lipinski definition) is 2. The van der Waals surface area contributed by atoms with Gasteiger partial charge in [-0.25, -0.2) is 0 Å². The Morgan fingerprint density at radius 1 is 1.44 bits per heavy atom. The second-order valence-corrected chi connectivity index (χ2v) is 5.44. The van der Waals surface area contributed by atoms with Crippen LogP contribution in [0.15, 0.2) is 27.1 Å². The van der Waals surface area contributed by atoms with Crippen molar-refractivity contribution in [3.63, 3.8) is 0 Å². The number of hydrogen-bond donors (Lipinski definition) is 1. The Labute approximate surface area is 111 Å². The molecule has 0 aliphatic carbocycles. The minimum absolute atomic E-state index is 0.0223. The zero-order valence-electron chi connectivity index (χ0n) is 8.50. The second kappa shape index (κ2) is 5.29. The summed E-state index contributed by atoms with van der Waals surface area (Å²) in [5.41, 5.74) is 0.784. The molecule has 1 aliphatic rings. The Morgan fingerprint density at radius 3 is 2.94 bits per heavy atom. The first-order valence-corrected chi connectivity index (χ1v) is 6.59. The largest absolute Gasteiger partial charge is 0.381 e. The van der Waals surface area contributed by atoms with Crippen molar-refractivity contribution in [1.82, 2.24) is 0 Å². The molecule has 1 amide bonds. The molecule has 0 aromatic heterocycles. The third-order valence-corrected chi connectivity index (χ3v) is 3.67. The molecular weight excluding hydrogens is 338 g/mol. The number of carbonyl (C=O) groups excluding carboxylic acids is 1. The maximum absolute atomic E-state index is 11.9. The molecule has 1 fully saturated rings. The fourth-order valence-electron chi connectivity index (χ4n) is 1.57.